The van der Waals surface area contributed by atoms with Crippen LogP contribution in [0.1, 0.15) is 57.5 Å². The zero-order valence-electron chi connectivity index (χ0n) is 11.9. The summed E-state index contributed by atoms with van der Waals surface area (Å²) in [5.41, 5.74) is 1.63. The van der Waals surface area contributed by atoms with E-state index in [4.69, 9.17) is 0 Å². The maximum absolute atomic E-state index is 4.44. The molecule has 1 aliphatic carbocycles. The van der Waals surface area contributed by atoms with E-state index in [-0.39, 0.29) is 0 Å². The highest BCUT2D eigenvalue weighted by Crippen LogP contribution is 2.33. The summed E-state index contributed by atoms with van der Waals surface area (Å²) >= 11 is 0. The Hall–Kier alpha value is -0.960. The van der Waals surface area contributed by atoms with Crippen molar-refractivity contribution in [3.63, 3.8) is 0 Å². The predicted octanol–water partition coefficient (Wildman–Crippen LogP) is 3.23. The zero-order chi connectivity index (χ0) is 13.0. The monoisotopic (exact) mass is 247 g/mol. The predicted molar refractivity (Wildman–Crippen MR) is 74.3 cm³/mol. The minimum absolute atomic E-state index is 0.530. The van der Waals surface area contributed by atoms with Gasteiger partial charge in [-0.05, 0) is 44.1 Å². The molecule has 0 aliphatic heterocycles. The highest BCUT2D eigenvalue weighted by Gasteiger charge is 2.23. The van der Waals surface area contributed by atoms with Crippen LogP contribution in [0.5, 0.6) is 0 Å². The fraction of sp³-hybridized carbons (Fsp3) is 0.733. The van der Waals surface area contributed by atoms with Crippen LogP contribution in [0.15, 0.2) is 12.3 Å². The lowest BCUT2D eigenvalue weighted by Gasteiger charge is -2.22. The first kappa shape index (κ1) is 13.5. The first-order valence-electron chi connectivity index (χ1n) is 7.07. The molecule has 1 aromatic rings. The number of aryl methyl sites for hydroxylation is 1. The molecule has 0 spiro atoms. The molecule has 1 heterocycles. The molecule has 0 aromatic carbocycles. The van der Waals surface area contributed by atoms with Gasteiger partial charge >= 0.3 is 0 Å². The Labute approximate surface area is 110 Å². The first-order valence-corrected chi connectivity index (χ1v) is 7.07. The van der Waals surface area contributed by atoms with Crippen molar-refractivity contribution < 1.29 is 0 Å². The summed E-state index contributed by atoms with van der Waals surface area (Å²) in [7, 11) is 0. The molecule has 18 heavy (non-hydrogen) atoms. The first-order chi connectivity index (χ1) is 8.55. The van der Waals surface area contributed by atoms with Gasteiger partial charge in [-0.15, -0.1) is 0 Å². The Morgan fingerprint density at radius 1 is 1.33 bits per heavy atom. The fourth-order valence-corrected chi connectivity index (χ4v) is 2.72. The Balaban J connectivity index is 1.83. The van der Waals surface area contributed by atoms with Crippen molar-refractivity contribution in [1.29, 1.82) is 0 Å². The third-order valence-electron chi connectivity index (χ3n) is 3.98. The van der Waals surface area contributed by atoms with Crippen molar-refractivity contribution in [3.8, 4) is 0 Å². The lowest BCUT2D eigenvalue weighted by Crippen LogP contribution is -2.28. The van der Waals surface area contributed by atoms with Crippen LogP contribution in [0.4, 0.5) is 0 Å². The van der Waals surface area contributed by atoms with Gasteiger partial charge in [-0.3, -0.25) is 0 Å². The second-order valence-electron chi connectivity index (χ2n) is 6.27. The van der Waals surface area contributed by atoms with Crippen LogP contribution in [0.3, 0.4) is 0 Å². The summed E-state index contributed by atoms with van der Waals surface area (Å²) in [5, 5.41) is 3.65. The van der Waals surface area contributed by atoms with E-state index in [0.717, 1.165) is 18.1 Å². The molecule has 1 aliphatic rings. The van der Waals surface area contributed by atoms with Gasteiger partial charge in [0.15, 0.2) is 0 Å². The molecule has 0 bridgehead atoms. The number of rotatable bonds is 3. The minimum atomic E-state index is 0.530. The molecule has 1 N–H and O–H groups in total. The maximum Gasteiger partial charge on any atom is 0.125 e. The largest absolute Gasteiger partial charge is 0.308 e. The summed E-state index contributed by atoms with van der Waals surface area (Å²) in [5.74, 6) is 0.858. The Morgan fingerprint density at radius 3 is 2.94 bits per heavy atom. The number of nitrogens with zero attached hydrogens (tertiary/aromatic N) is 2. The topological polar surface area (TPSA) is 37.8 Å². The molecule has 0 saturated heterocycles. The molecular formula is C15H25N3. The van der Waals surface area contributed by atoms with E-state index in [1.54, 1.807) is 0 Å². The van der Waals surface area contributed by atoms with Gasteiger partial charge in [0.25, 0.3) is 0 Å². The molecular weight excluding hydrogens is 222 g/mol. The van der Waals surface area contributed by atoms with E-state index in [1.165, 1.54) is 32.1 Å². The molecule has 1 fully saturated rings. The van der Waals surface area contributed by atoms with Gasteiger partial charge in [-0.2, -0.15) is 0 Å². The molecule has 100 valence electrons. The van der Waals surface area contributed by atoms with Crippen molar-refractivity contribution in [1.82, 2.24) is 15.3 Å². The van der Waals surface area contributed by atoms with Gasteiger partial charge in [-0.1, -0.05) is 20.3 Å². The van der Waals surface area contributed by atoms with Crippen molar-refractivity contribution >= 4 is 0 Å². The second-order valence-corrected chi connectivity index (χ2v) is 6.27. The standard InChI is InChI=1S/C15H25N3/c1-12-16-10-7-14(18-12)11-17-13-5-4-8-15(2,3)9-6-13/h7,10,13,17H,4-6,8-9,11H2,1-3H3. The van der Waals surface area contributed by atoms with Crippen LogP contribution in [0, 0.1) is 12.3 Å². The van der Waals surface area contributed by atoms with Gasteiger partial charge in [-0.25, -0.2) is 9.97 Å². The van der Waals surface area contributed by atoms with Crippen LogP contribution in [-0.4, -0.2) is 16.0 Å². The van der Waals surface area contributed by atoms with Crippen LogP contribution in [-0.2, 0) is 6.54 Å². The normalized spacial score (nSPS) is 23.6. The van der Waals surface area contributed by atoms with Gasteiger partial charge in [0.05, 0.1) is 5.69 Å². The van der Waals surface area contributed by atoms with Gasteiger partial charge in [0, 0.05) is 18.8 Å². The Morgan fingerprint density at radius 2 is 2.17 bits per heavy atom. The molecule has 1 unspecified atom stereocenters. The maximum atomic E-state index is 4.44. The number of nitrogens with one attached hydrogen (secondary N) is 1. The average molecular weight is 247 g/mol. The quantitative estimate of drug-likeness (QED) is 0.833. The molecule has 1 saturated carbocycles. The highest BCUT2D eigenvalue weighted by atomic mass is 14.9. The van der Waals surface area contributed by atoms with Crippen molar-refractivity contribution in [2.24, 2.45) is 5.41 Å². The summed E-state index contributed by atoms with van der Waals surface area (Å²) < 4.78 is 0. The molecule has 0 amide bonds. The number of hydrogen-bond acceptors (Lipinski definition) is 3. The molecule has 1 atom stereocenters. The fourth-order valence-electron chi connectivity index (χ4n) is 2.72. The molecule has 3 heteroatoms. The van der Waals surface area contributed by atoms with Crippen LogP contribution >= 0.6 is 0 Å². The molecule has 2 rings (SSSR count). The highest BCUT2D eigenvalue weighted by molar-refractivity contribution is 5.01. The number of hydrogen-bond donors (Lipinski definition) is 1. The van der Waals surface area contributed by atoms with E-state index in [2.05, 4.69) is 29.1 Å². The molecule has 0 radical (unpaired) electrons. The van der Waals surface area contributed by atoms with Crippen molar-refractivity contribution in [2.45, 2.75) is 65.5 Å². The van der Waals surface area contributed by atoms with E-state index in [1.807, 2.05) is 19.2 Å². The summed E-state index contributed by atoms with van der Waals surface area (Å²) in [6.45, 7) is 7.60. The average Bonchev–Trinajstić information content (AvgIpc) is 2.48. The third-order valence-corrected chi connectivity index (χ3v) is 3.98. The lowest BCUT2D eigenvalue weighted by atomic mass is 9.85. The summed E-state index contributed by atoms with van der Waals surface area (Å²) in [4.78, 5) is 8.57. The lowest BCUT2D eigenvalue weighted by molar-refractivity contribution is 0.309. The minimum Gasteiger partial charge on any atom is -0.308 e. The number of aromatic nitrogens is 2. The Kier molecular flexibility index (Phi) is 4.33. The Bertz CT molecular complexity index is 387. The molecule has 3 nitrogen and oxygen atoms in total. The smallest absolute Gasteiger partial charge is 0.125 e. The van der Waals surface area contributed by atoms with Gasteiger partial charge < -0.3 is 5.32 Å². The van der Waals surface area contributed by atoms with E-state index < -0.39 is 0 Å². The third kappa shape index (κ3) is 4.05. The molecule has 1 aromatic heterocycles. The van der Waals surface area contributed by atoms with E-state index in [0.29, 0.717) is 11.5 Å². The van der Waals surface area contributed by atoms with E-state index >= 15 is 0 Å². The second kappa shape index (κ2) is 5.79. The van der Waals surface area contributed by atoms with Crippen LogP contribution in [0.25, 0.3) is 0 Å². The SMILES string of the molecule is Cc1nccc(CNC2CCCC(C)(C)CC2)n1. The van der Waals surface area contributed by atoms with Gasteiger partial charge in [0.1, 0.15) is 5.82 Å². The van der Waals surface area contributed by atoms with E-state index in [9.17, 15) is 0 Å². The van der Waals surface area contributed by atoms with Crippen molar-refractivity contribution in [3.05, 3.63) is 23.8 Å². The summed E-state index contributed by atoms with van der Waals surface area (Å²) in [6.07, 6.45) is 8.46. The van der Waals surface area contributed by atoms with Gasteiger partial charge in [0.2, 0.25) is 0 Å². The summed E-state index contributed by atoms with van der Waals surface area (Å²) in [6, 6.07) is 2.66. The zero-order valence-corrected chi connectivity index (χ0v) is 11.9. The van der Waals surface area contributed by atoms with Crippen LogP contribution < -0.4 is 5.32 Å². The van der Waals surface area contributed by atoms with Crippen molar-refractivity contribution in [2.75, 3.05) is 0 Å². The van der Waals surface area contributed by atoms with Crippen LogP contribution in [0.2, 0.25) is 0 Å².